The average Bonchev–Trinajstić information content (AvgIpc) is 2.56. The zero-order valence-corrected chi connectivity index (χ0v) is 8.41. The molecule has 0 fully saturated rings. The van der Waals surface area contributed by atoms with E-state index in [0.717, 1.165) is 24.4 Å². The van der Waals surface area contributed by atoms with Crippen LogP contribution in [0.1, 0.15) is 19.8 Å². The van der Waals surface area contributed by atoms with Gasteiger partial charge in [-0.1, -0.05) is 12.5 Å². The van der Waals surface area contributed by atoms with Gasteiger partial charge >= 0.3 is 0 Å². The van der Waals surface area contributed by atoms with E-state index in [1.165, 1.54) is 5.57 Å². The van der Waals surface area contributed by atoms with E-state index >= 15 is 0 Å². The van der Waals surface area contributed by atoms with Crippen LogP contribution in [0.3, 0.4) is 0 Å². The molecule has 0 saturated carbocycles. The predicted octanol–water partition coefficient (Wildman–Crippen LogP) is 2.63. The molecule has 2 rings (SSSR count). The molecule has 2 aliphatic rings. The molecule has 0 aromatic heterocycles. The first kappa shape index (κ1) is 9.19. The highest BCUT2D eigenvalue weighted by atomic mass is 16.6. The van der Waals surface area contributed by atoms with Crippen molar-refractivity contribution < 1.29 is 14.6 Å². The molecule has 0 aromatic rings. The van der Waals surface area contributed by atoms with E-state index in [1.807, 2.05) is 6.08 Å². The van der Waals surface area contributed by atoms with Gasteiger partial charge in [0.1, 0.15) is 0 Å². The number of allylic oxidation sites excluding steroid dienone is 3. The molecule has 3 nitrogen and oxygen atoms in total. The van der Waals surface area contributed by atoms with Crippen molar-refractivity contribution in [1.82, 2.24) is 0 Å². The number of methoxy groups -OCH3 is 1. The Morgan fingerprint density at radius 3 is 3.07 bits per heavy atom. The van der Waals surface area contributed by atoms with Crippen LogP contribution in [-0.2, 0) is 9.47 Å². The molecule has 0 amide bonds. The van der Waals surface area contributed by atoms with Gasteiger partial charge in [0.2, 0.25) is 0 Å². The van der Waals surface area contributed by atoms with Gasteiger partial charge in [-0.05, 0) is 18.9 Å². The molecule has 0 aromatic carbocycles. The molecule has 1 aliphatic heterocycles. The third kappa shape index (κ3) is 1.39. The Morgan fingerprint density at radius 2 is 2.43 bits per heavy atom. The molecule has 0 spiro atoms. The monoisotopic (exact) mass is 194 g/mol. The van der Waals surface area contributed by atoms with Crippen molar-refractivity contribution >= 4 is 0 Å². The molecule has 3 heteroatoms. The summed E-state index contributed by atoms with van der Waals surface area (Å²) in [5, 5.41) is 9.26. The first-order chi connectivity index (χ1) is 6.74. The maximum absolute atomic E-state index is 9.26. The average molecular weight is 194 g/mol. The summed E-state index contributed by atoms with van der Waals surface area (Å²) in [5.74, 6) is 1.62. The van der Waals surface area contributed by atoms with Gasteiger partial charge in [0.05, 0.1) is 7.11 Å². The predicted molar refractivity (Wildman–Crippen MR) is 52.3 cm³/mol. The number of hydrogen-bond acceptors (Lipinski definition) is 3. The van der Waals surface area contributed by atoms with Gasteiger partial charge in [-0.15, -0.1) is 0 Å². The van der Waals surface area contributed by atoms with E-state index in [9.17, 15) is 5.11 Å². The number of ether oxygens (including phenoxy) is 2. The Labute approximate surface area is 83.3 Å². The van der Waals surface area contributed by atoms with E-state index in [1.54, 1.807) is 13.2 Å². The largest absolute Gasteiger partial charge is 0.493 e. The summed E-state index contributed by atoms with van der Waals surface area (Å²) in [6, 6.07) is 0. The summed E-state index contributed by atoms with van der Waals surface area (Å²) in [5.41, 5.74) is 1.32. The lowest BCUT2D eigenvalue weighted by molar-refractivity contribution is 0.140. The molecule has 1 unspecified atom stereocenters. The maximum Gasteiger partial charge on any atom is 0.278 e. The lowest BCUT2D eigenvalue weighted by atomic mass is 9.91. The van der Waals surface area contributed by atoms with Crippen LogP contribution in [0.15, 0.2) is 35.2 Å². The van der Waals surface area contributed by atoms with Crippen LogP contribution in [0, 0.1) is 5.92 Å². The SMILES string of the molecule is CCC1=CC(OC)=C2OC(O)=CC2C1. The number of aliphatic hydroxyl groups excluding tert-OH is 1. The molecule has 1 atom stereocenters. The maximum atomic E-state index is 9.26. The van der Waals surface area contributed by atoms with Gasteiger partial charge in [-0.25, -0.2) is 0 Å². The zero-order chi connectivity index (χ0) is 10.1. The molecule has 1 heterocycles. The molecular weight excluding hydrogens is 180 g/mol. The standard InChI is InChI=1S/C11H14O3/c1-3-7-4-8-6-10(12)14-11(8)9(5-7)13-2/h5-6,8,12H,3-4H2,1-2H3. The molecule has 76 valence electrons. The Bertz CT molecular complexity index is 336. The second-order valence-corrected chi connectivity index (χ2v) is 3.51. The Hall–Kier alpha value is -1.38. The fourth-order valence-electron chi connectivity index (χ4n) is 1.86. The van der Waals surface area contributed by atoms with Crippen LogP contribution in [0.5, 0.6) is 0 Å². The third-order valence-corrected chi connectivity index (χ3v) is 2.63. The Kier molecular flexibility index (Phi) is 2.23. The van der Waals surface area contributed by atoms with Gasteiger partial charge in [0.15, 0.2) is 11.5 Å². The minimum Gasteiger partial charge on any atom is -0.493 e. The van der Waals surface area contributed by atoms with Crippen molar-refractivity contribution in [3.05, 3.63) is 35.2 Å². The molecule has 0 radical (unpaired) electrons. The van der Waals surface area contributed by atoms with Crippen LogP contribution >= 0.6 is 0 Å². The molecule has 0 bridgehead atoms. The van der Waals surface area contributed by atoms with E-state index < -0.39 is 0 Å². The Balaban J connectivity index is 2.33. The van der Waals surface area contributed by atoms with E-state index in [-0.39, 0.29) is 11.9 Å². The lowest BCUT2D eigenvalue weighted by Gasteiger charge is -2.19. The van der Waals surface area contributed by atoms with Gasteiger partial charge in [0, 0.05) is 12.0 Å². The number of fused-ring (bicyclic) bond motifs is 1. The van der Waals surface area contributed by atoms with Gasteiger partial charge in [-0.2, -0.15) is 0 Å². The van der Waals surface area contributed by atoms with Crippen LogP contribution < -0.4 is 0 Å². The topological polar surface area (TPSA) is 38.7 Å². The summed E-state index contributed by atoms with van der Waals surface area (Å²) in [7, 11) is 1.62. The number of rotatable bonds is 2. The normalized spacial score (nSPS) is 25.1. The highest BCUT2D eigenvalue weighted by Gasteiger charge is 2.30. The van der Waals surface area contributed by atoms with Crippen molar-refractivity contribution in [3.63, 3.8) is 0 Å². The first-order valence-corrected chi connectivity index (χ1v) is 4.80. The van der Waals surface area contributed by atoms with E-state index in [2.05, 4.69) is 6.92 Å². The van der Waals surface area contributed by atoms with Crippen molar-refractivity contribution in [2.45, 2.75) is 19.8 Å². The van der Waals surface area contributed by atoms with Gasteiger partial charge in [-0.3, -0.25) is 0 Å². The van der Waals surface area contributed by atoms with Crippen molar-refractivity contribution in [3.8, 4) is 0 Å². The van der Waals surface area contributed by atoms with E-state index in [0.29, 0.717) is 0 Å². The van der Waals surface area contributed by atoms with Gasteiger partial charge < -0.3 is 14.6 Å². The molecular formula is C11H14O3. The Morgan fingerprint density at radius 1 is 1.64 bits per heavy atom. The second-order valence-electron chi connectivity index (χ2n) is 3.51. The summed E-state index contributed by atoms with van der Waals surface area (Å²) in [6.07, 6.45) is 5.66. The van der Waals surface area contributed by atoms with Crippen molar-refractivity contribution in [2.75, 3.05) is 7.11 Å². The molecule has 14 heavy (non-hydrogen) atoms. The van der Waals surface area contributed by atoms with Crippen LogP contribution in [-0.4, -0.2) is 12.2 Å². The van der Waals surface area contributed by atoms with Crippen molar-refractivity contribution in [1.29, 1.82) is 0 Å². The number of hydrogen-bond donors (Lipinski definition) is 1. The highest BCUT2D eigenvalue weighted by molar-refractivity contribution is 5.34. The summed E-state index contributed by atoms with van der Waals surface area (Å²) in [4.78, 5) is 0. The molecule has 1 N–H and O–H groups in total. The summed E-state index contributed by atoms with van der Waals surface area (Å²) in [6.45, 7) is 2.11. The zero-order valence-electron chi connectivity index (χ0n) is 8.41. The second kappa shape index (κ2) is 3.40. The summed E-state index contributed by atoms with van der Waals surface area (Å²) >= 11 is 0. The van der Waals surface area contributed by atoms with E-state index in [4.69, 9.17) is 9.47 Å². The van der Waals surface area contributed by atoms with Gasteiger partial charge in [0.25, 0.3) is 5.95 Å². The number of aliphatic hydroxyl groups is 1. The van der Waals surface area contributed by atoms with Crippen molar-refractivity contribution in [2.24, 2.45) is 5.92 Å². The van der Waals surface area contributed by atoms with Crippen LogP contribution in [0.25, 0.3) is 0 Å². The van der Waals surface area contributed by atoms with Crippen LogP contribution in [0.4, 0.5) is 0 Å². The fourth-order valence-corrected chi connectivity index (χ4v) is 1.86. The van der Waals surface area contributed by atoms with Crippen LogP contribution in [0.2, 0.25) is 0 Å². The first-order valence-electron chi connectivity index (χ1n) is 4.80. The smallest absolute Gasteiger partial charge is 0.278 e. The minimum absolute atomic E-state index is 0.00898. The highest BCUT2D eigenvalue weighted by Crippen LogP contribution is 2.38. The minimum atomic E-state index is -0.00898. The summed E-state index contributed by atoms with van der Waals surface area (Å²) < 4.78 is 10.4. The third-order valence-electron chi connectivity index (χ3n) is 2.63. The lowest BCUT2D eigenvalue weighted by Crippen LogP contribution is -2.09. The quantitative estimate of drug-likeness (QED) is 0.734. The molecule has 1 aliphatic carbocycles. The molecule has 0 saturated heterocycles. The fraction of sp³-hybridized carbons (Fsp3) is 0.455.